The molecule has 0 radical (unpaired) electrons. The summed E-state index contributed by atoms with van der Waals surface area (Å²) in [5.41, 5.74) is 4.99. The number of hydrogen-bond donors (Lipinski definition) is 0. The molecule has 1 atom stereocenters. The Morgan fingerprint density at radius 1 is 1.09 bits per heavy atom. The molecule has 0 aliphatic carbocycles. The summed E-state index contributed by atoms with van der Waals surface area (Å²) in [6.45, 7) is 3.29. The van der Waals surface area contributed by atoms with Crippen molar-refractivity contribution in [1.82, 2.24) is 4.98 Å². The molecule has 2 heterocycles. The fraction of sp³-hybridized carbons (Fsp3) is 0.286. The van der Waals surface area contributed by atoms with Gasteiger partial charge in [0, 0.05) is 12.2 Å². The van der Waals surface area contributed by atoms with Crippen LogP contribution in [0.1, 0.15) is 39.9 Å². The Morgan fingerprint density at radius 2 is 1.85 bits per heavy atom. The minimum Gasteiger partial charge on any atom is -0.494 e. The first kappa shape index (κ1) is 22.6. The average molecular weight is 473 g/mol. The molecule has 5 rings (SSSR count). The van der Waals surface area contributed by atoms with Crippen LogP contribution < -0.4 is 9.64 Å². The zero-order valence-electron chi connectivity index (χ0n) is 19.5. The van der Waals surface area contributed by atoms with E-state index in [2.05, 4.69) is 19.1 Å². The van der Waals surface area contributed by atoms with E-state index < -0.39 is 0 Å². The van der Waals surface area contributed by atoms with Crippen molar-refractivity contribution in [2.45, 2.75) is 32.3 Å². The predicted octanol–water partition coefficient (Wildman–Crippen LogP) is 6.03. The standard InChI is InChI=1S/C28H28N2O3S/c1-19-10-15-24(32-2)25-26(19)34-28(29-25)30(18-23-9-6-16-33-23)27(31)22-13-11-21(12-14-22)17-20-7-4-3-5-8-20/h3-5,7-8,10-15,23H,6,9,16-18H2,1-2H3. The first-order valence-electron chi connectivity index (χ1n) is 11.6. The molecule has 1 unspecified atom stereocenters. The highest BCUT2D eigenvalue weighted by Gasteiger charge is 2.27. The molecular formula is C28H28N2O3S. The number of ether oxygens (including phenoxy) is 2. The molecule has 0 N–H and O–H groups in total. The summed E-state index contributed by atoms with van der Waals surface area (Å²) >= 11 is 1.53. The van der Waals surface area contributed by atoms with Crippen molar-refractivity contribution >= 4 is 32.6 Å². The number of hydrogen-bond acceptors (Lipinski definition) is 5. The number of methoxy groups -OCH3 is 1. The number of nitrogens with zero attached hydrogens (tertiary/aromatic N) is 2. The van der Waals surface area contributed by atoms with Gasteiger partial charge in [0.2, 0.25) is 0 Å². The second-order valence-corrected chi connectivity index (χ2v) is 9.65. The van der Waals surface area contributed by atoms with Gasteiger partial charge >= 0.3 is 0 Å². The Kier molecular flexibility index (Phi) is 6.61. The fourth-order valence-corrected chi connectivity index (χ4v) is 5.43. The molecule has 1 aliphatic rings. The van der Waals surface area contributed by atoms with Crippen molar-refractivity contribution in [2.75, 3.05) is 25.2 Å². The van der Waals surface area contributed by atoms with Gasteiger partial charge in [-0.3, -0.25) is 9.69 Å². The topological polar surface area (TPSA) is 51.7 Å². The average Bonchev–Trinajstić information content (AvgIpc) is 3.54. The quantitative estimate of drug-likeness (QED) is 0.330. The van der Waals surface area contributed by atoms with Gasteiger partial charge in [0.1, 0.15) is 11.3 Å². The minimum atomic E-state index is -0.0579. The van der Waals surface area contributed by atoms with Crippen molar-refractivity contribution in [3.63, 3.8) is 0 Å². The number of rotatable bonds is 7. The molecule has 0 bridgehead atoms. The highest BCUT2D eigenvalue weighted by Crippen LogP contribution is 2.37. The summed E-state index contributed by atoms with van der Waals surface area (Å²) in [7, 11) is 1.65. The van der Waals surface area contributed by atoms with Crippen LogP contribution in [-0.2, 0) is 11.2 Å². The van der Waals surface area contributed by atoms with Crippen molar-refractivity contribution in [3.05, 3.63) is 89.0 Å². The lowest BCUT2D eigenvalue weighted by atomic mass is 10.0. The number of aromatic nitrogens is 1. The van der Waals surface area contributed by atoms with E-state index in [-0.39, 0.29) is 12.0 Å². The van der Waals surface area contributed by atoms with Gasteiger partial charge in [-0.2, -0.15) is 0 Å². The molecule has 1 fully saturated rings. The molecular weight excluding hydrogens is 444 g/mol. The smallest absolute Gasteiger partial charge is 0.260 e. The molecule has 4 aromatic rings. The Balaban J connectivity index is 1.45. The fourth-order valence-electron chi connectivity index (χ4n) is 4.37. The largest absolute Gasteiger partial charge is 0.494 e. The third kappa shape index (κ3) is 4.69. The molecule has 0 saturated carbocycles. The lowest BCUT2D eigenvalue weighted by Gasteiger charge is -2.23. The third-order valence-corrected chi connectivity index (χ3v) is 7.46. The number of amides is 1. The van der Waals surface area contributed by atoms with E-state index in [9.17, 15) is 4.79 Å². The van der Waals surface area contributed by atoms with Gasteiger partial charge in [-0.1, -0.05) is 59.9 Å². The molecule has 174 valence electrons. The van der Waals surface area contributed by atoms with E-state index in [4.69, 9.17) is 14.5 Å². The molecule has 1 amide bonds. The predicted molar refractivity (Wildman–Crippen MR) is 137 cm³/mol. The molecule has 6 heteroatoms. The number of benzene rings is 3. The van der Waals surface area contributed by atoms with Crippen LogP contribution in [0, 0.1) is 6.92 Å². The number of fused-ring (bicyclic) bond motifs is 1. The monoisotopic (exact) mass is 472 g/mol. The highest BCUT2D eigenvalue weighted by atomic mass is 32.1. The summed E-state index contributed by atoms with van der Waals surface area (Å²) in [6, 6.07) is 22.2. The highest BCUT2D eigenvalue weighted by molar-refractivity contribution is 7.22. The van der Waals surface area contributed by atoms with Gasteiger partial charge < -0.3 is 9.47 Å². The first-order chi connectivity index (χ1) is 16.6. The summed E-state index contributed by atoms with van der Waals surface area (Å²) in [4.78, 5) is 20.4. The van der Waals surface area contributed by atoms with E-state index >= 15 is 0 Å². The van der Waals surface area contributed by atoms with E-state index in [1.54, 1.807) is 12.0 Å². The Labute approximate surface area is 204 Å². The van der Waals surface area contributed by atoms with Crippen LogP contribution >= 0.6 is 11.3 Å². The van der Waals surface area contributed by atoms with Crippen LogP contribution in [0.5, 0.6) is 5.75 Å². The zero-order chi connectivity index (χ0) is 23.5. The van der Waals surface area contributed by atoms with Crippen LogP contribution in [0.15, 0.2) is 66.7 Å². The third-order valence-electron chi connectivity index (χ3n) is 6.25. The molecule has 1 aliphatic heterocycles. The van der Waals surface area contributed by atoms with Crippen LogP contribution in [0.25, 0.3) is 10.2 Å². The van der Waals surface area contributed by atoms with E-state index in [0.29, 0.717) is 17.2 Å². The maximum absolute atomic E-state index is 13.7. The van der Waals surface area contributed by atoms with Gasteiger partial charge in [-0.05, 0) is 61.1 Å². The second-order valence-electron chi connectivity index (χ2n) is 8.67. The first-order valence-corrected chi connectivity index (χ1v) is 12.4. The van der Waals surface area contributed by atoms with Crippen LogP contribution in [-0.4, -0.2) is 37.3 Å². The lowest BCUT2D eigenvalue weighted by Crippen LogP contribution is -2.37. The van der Waals surface area contributed by atoms with Gasteiger partial charge in [0.05, 0.1) is 24.5 Å². The van der Waals surface area contributed by atoms with Crippen molar-refractivity contribution in [3.8, 4) is 5.75 Å². The van der Waals surface area contributed by atoms with Crippen LogP contribution in [0.4, 0.5) is 5.13 Å². The maximum atomic E-state index is 13.7. The zero-order valence-corrected chi connectivity index (χ0v) is 20.3. The van der Waals surface area contributed by atoms with Gasteiger partial charge in [-0.25, -0.2) is 4.98 Å². The van der Waals surface area contributed by atoms with Crippen LogP contribution in [0.3, 0.4) is 0 Å². The number of carbonyl (C=O) groups excluding carboxylic acids is 1. The Hall–Kier alpha value is -3.22. The van der Waals surface area contributed by atoms with Crippen molar-refractivity contribution in [2.24, 2.45) is 0 Å². The SMILES string of the molecule is COc1ccc(C)c2sc(N(CC3CCCO3)C(=O)c3ccc(Cc4ccccc4)cc3)nc12. The Bertz CT molecular complexity index is 1280. The molecule has 1 saturated heterocycles. The molecule has 5 nitrogen and oxygen atoms in total. The van der Waals surface area contributed by atoms with E-state index in [1.807, 2.05) is 54.6 Å². The molecule has 3 aromatic carbocycles. The van der Waals surface area contributed by atoms with E-state index in [0.717, 1.165) is 47.4 Å². The normalized spacial score (nSPS) is 15.5. The molecule has 34 heavy (non-hydrogen) atoms. The number of carbonyl (C=O) groups is 1. The summed E-state index contributed by atoms with van der Waals surface area (Å²) in [6.07, 6.45) is 2.84. The maximum Gasteiger partial charge on any atom is 0.260 e. The van der Waals surface area contributed by atoms with Crippen molar-refractivity contribution < 1.29 is 14.3 Å². The Morgan fingerprint density at radius 3 is 2.56 bits per heavy atom. The second kappa shape index (κ2) is 9.95. The molecule has 0 spiro atoms. The number of thiazole rings is 1. The van der Waals surface area contributed by atoms with Gasteiger partial charge in [0.15, 0.2) is 5.13 Å². The van der Waals surface area contributed by atoms with Gasteiger partial charge in [0.25, 0.3) is 5.91 Å². The summed E-state index contributed by atoms with van der Waals surface area (Å²) in [5, 5.41) is 0.677. The van der Waals surface area contributed by atoms with Crippen LogP contribution in [0.2, 0.25) is 0 Å². The minimum absolute atomic E-state index is 0.0244. The van der Waals surface area contributed by atoms with Gasteiger partial charge in [-0.15, -0.1) is 0 Å². The lowest BCUT2D eigenvalue weighted by molar-refractivity contribution is 0.0917. The number of anilines is 1. The van der Waals surface area contributed by atoms with E-state index in [1.165, 1.54) is 22.5 Å². The number of aryl methyl sites for hydroxylation is 1. The summed E-state index contributed by atoms with van der Waals surface area (Å²) < 4.78 is 12.4. The summed E-state index contributed by atoms with van der Waals surface area (Å²) in [5.74, 6) is 0.662. The molecule has 1 aromatic heterocycles. The van der Waals surface area contributed by atoms with Crippen molar-refractivity contribution in [1.29, 1.82) is 0 Å².